The molecule has 1 aliphatic rings. The van der Waals surface area contributed by atoms with Crippen LogP contribution in [0.25, 0.3) is 0 Å². The fourth-order valence-electron chi connectivity index (χ4n) is 3.38. The van der Waals surface area contributed by atoms with Gasteiger partial charge in [0.1, 0.15) is 5.75 Å². The molecule has 1 aliphatic heterocycles. The molecule has 1 heterocycles. The molecule has 0 saturated heterocycles. The summed E-state index contributed by atoms with van der Waals surface area (Å²) in [5.74, 6) is 1.47. The molecule has 0 saturated carbocycles. The van der Waals surface area contributed by atoms with E-state index in [0.717, 1.165) is 17.7 Å². The fourth-order valence-corrected chi connectivity index (χ4v) is 3.38. The molecule has 0 aliphatic carbocycles. The number of fused-ring (bicyclic) bond motifs is 1. The van der Waals surface area contributed by atoms with Gasteiger partial charge in [0.2, 0.25) is 0 Å². The minimum Gasteiger partial charge on any atom is -0.493 e. The molecule has 5 heteroatoms. The second-order valence-corrected chi connectivity index (χ2v) is 6.79. The number of nitrogens with zero attached hydrogens (tertiary/aromatic N) is 1. The number of hydrogen-bond acceptors (Lipinski definition) is 3. The molecule has 0 spiro atoms. The first-order valence-electron chi connectivity index (χ1n) is 9.14. The molecule has 3 atom stereocenters. The smallest absolute Gasteiger partial charge is 0.189 e. The van der Waals surface area contributed by atoms with Crippen molar-refractivity contribution in [1.29, 1.82) is 0 Å². The molecule has 5 nitrogen and oxygen atoms in total. The van der Waals surface area contributed by atoms with E-state index in [1.54, 1.807) is 6.92 Å². The Morgan fingerprint density at radius 3 is 2.73 bits per heavy atom. The summed E-state index contributed by atoms with van der Waals surface area (Å²) in [5.41, 5.74) is 8.43. The number of para-hydroxylation sites is 1. The second-order valence-electron chi connectivity index (χ2n) is 6.79. The van der Waals surface area contributed by atoms with E-state index in [0.29, 0.717) is 25.5 Å². The van der Waals surface area contributed by atoms with Crippen LogP contribution in [-0.2, 0) is 0 Å². The first-order chi connectivity index (χ1) is 12.6. The topological polar surface area (TPSA) is 79.9 Å². The number of nitrogens with two attached hydrogens (primary N) is 1. The molecule has 2 aromatic carbocycles. The van der Waals surface area contributed by atoms with Crippen molar-refractivity contribution in [3.63, 3.8) is 0 Å². The highest BCUT2D eigenvalue weighted by atomic mass is 16.5. The number of ether oxygens (including phenoxy) is 1. The zero-order valence-corrected chi connectivity index (χ0v) is 15.1. The highest BCUT2D eigenvalue weighted by molar-refractivity contribution is 5.78. The fraction of sp³-hybridized carbons (Fsp3) is 0.381. The Morgan fingerprint density at radius 1 is 1.23 bits per heavy atom. The number of benzene rings is 2. The molecule has 26 heavy (non-hydrogen) atoms. The number of guanidine groups is 1. The zero-order chi connectivity index (χ0) is 18.4. The molecule has 0 radical (unpaired) electrons. The van der Waals surface area contributed by atoms with E-state index >= 15 is 0 Å². The van der Waals surface area contributed by atoms with E-state index in [1.165, 1.54) is 5.56 Å². The summed E-state index contributed by atoms with van der Waals surface area (Å²) >= 11 is 0. The summed E-state index contributed by atoms with van der Waals surface area (Å²) in [6.45, 7) is 3.01. The van der Waals surface area contributed by atoms with Crippen molar-refractivity contribution in [2.75, 3.05) is 13.2 Å². The van der Waals surface area contributed by atoms with Crippen LogP contribution in [0.15, 0.2) is 59.6 Å². The van der Waals surface area contributed by atoms with Crippen molar-refractivity contribution in [2.24, 2.45) is 10.7 Å². The van der Waals surface area contributed by atoms with Gasteiger partial charge >= 0.3 is 0 Å². The average molecular weight is 353 g/mol. The van der Waals surface area contributed by atoms with Gasteiger partial charge in [0, 0.05) is 24.4 Å². The monoisotopic (exact) mass is 353 g/mol. The van der Waals surface area contributed by atoms with Crippen LogP contribution < -0.4 is 15.8 Å². The average Bonchev–Trinajstić information content (AvgIpc) is 2.66. The molecular formula is C21H27N3O2. The lowest BCUT2D eigenvalue weighted by atomic mass is 9.93. The third-order valence-electron chi connectivity index (χ3n) is 4.66. The van der Waals surface area contributed by atoms with Crippen LogP contribution in [0.4, 0.5) is 0 Å². The van der Waals surface area contributed by atoms with Crippen LogP contribution in [0.3, 0.4) is 0 Å². The number of aliphatic hydroxyl groups excluding tert-OH is 1. The summed E-state index contributed by atoms with van der Waals surface area (Å²) in [7, 11) is 0. The lowest BCUT2D eigenvalue weighted by Crippen LogP contribution is -2.37. The van der Waals surface area contributed by atoms with Crippen molar-refractivity contribution in [3.8, 4) is 5.75 Å². The maximum absolute atomic E-state index is 9.81. The molecule has 0 fully saturated rings. The van der Waals surface area contributed by atoms with Crippen molar-refractivity contribution >= 4 is 5.96 Å². The van der Waals surface area contributed by atoms with Crippen molar-refractivity contribution in [3.05, 3.63) is 65.7 Å². The summed E-state index contributed by atoms with van der Waals surface area (Å²) in [6, 6.07) is 18.3. The molecule has 138 valence electrons. The van der Waals surface area contributed by atoms with Gasteiger partial charge in [-0.15, -0.1) is 0 Å². The van der Waals surface area contributed by atoms with Gasteiger partial charge in [-0.3, -0.25) is 4.99 Å². The van der Waals surface area contributed by atoms with E-state index < -0.39 is 0 Å². The summed E-state index contributed by atoms with van der Waals surface area (Å²) in [5, 5.41) is 13.1. The van der Waals surface area contributed by atoms with Gasteiger partial charge < -0.3 is 20.9 Å². The van der Waals surface area contributed by atoms with Crippen LogP contribution in [0.2, 0.25) is 0 Å². The quantitative estimate of drug-likeness (QED) is 0.551. The molecular weight excluding hydrogens is 326 g/mol. The van der Waals surface area contributed by atoms with E-state index in [1.807, 2.05) is 36.4 Å². The zero-order valence-electron chi connectivity index (χ0n) is 15.1. The number of rotatable bonds is 6. The van der Waals surface area contributed by atoms with E-state index in [-0.39, 0.29) is 18.1 Å². The molecule has 0 amide bonds. The number of hydrogen-bond donors (Lipinski definition) is 3. The Morgan fingerprint density at radius 2 is 1.96 bits per heavy atom. The third-order valence-corrected chi connectivity index (χ3v) is 4.66. The molecule has 3 rings (SSSR count). The Bertz CT molecular complexity index is 731. The summed E-state index contributed by atoms with van der Waals surface area (Å²) in [6.07, 6.45) is 1.12. The van der Waals surface area contributed by atoms with Gasteiger partial charge in [-0.1, -0.05) is 48.5 Å². The van der Waals surface area contributed by atoms with Crippen LogP contribution >= 0.6 is 0 Å². The number of aliphatic imine (C=N–C) groups is 1. The first kappa shape index (κ1) is 18.3. The lowest BCUT2D eigenvalue weighted by Gasteiger charge is -2.27. The highest BCUT2D eigenvalue weighted by Crippen LogP contribution is 2.31. The molecule has 3 unspecified atom stereocenters. The maximum Gasteiger partial charge on any atom is 0.189 e. The van der Waals surface area contributed by atoms with Gasteiger partial charge in [0.15, 0.2) is 5.96 Å². The first-order valence-corrected chi connectivity index (χ1v) is 9.14. The molecule has 0 aromatic heterocycles. The SMILES string of the molecule is CC(O)CC(CN=C(N)NC1CCOc2ccccc21)c1ccccc1. The summed E-state index contributed by atoms with van der Waals surface area (Å²) in [4.78, 5) is 4.55. The van der Waals surface area contributed by atoms with E-state index in [9.17, 15) is 5.11 Å². The van der Waals surface area contributed by atoms with Crippen LogP contribution in [-0.4, -0.2) is 30.3 Å². The predicted molar refractivity (Wildman–Crippen MR) is 104 cm³/mol. The Balaban J connectivity index is 1.67. The Hall–Kier alpha value is -2.53. The van der Waals surface area contributed by atoms with Crippen LogP contribution in [0.1, 0.15) is 42.9 Å². The Labute approximate surface area is 154 Å². The normalized spacial score (nSPS) is 19.2. The predicted octanol–water partition coefficient (Wildman–Crippen LogP) is 2.97. The minimum absolute atomic E-state index is 0.107. The lowest BCUT2D eigenvalue weighted by molar-refractivity contribution is 0.175. The van der Waals surface area contributed by atoms with Crippen LogP contribution in [0, 0.1) is 0 Å². The molecule has 0 bridgehead atoms. The van der Waals surface area contributed by atoms with Gasteiger partial charge in [0.25, 0.3) is 0 Å². The molecule has 2 aromatic rings. The Kier molecular flexibility index (Phi) is 6.12. The van der Waals surface area contributed by atoms with Gasteiger partial charge in [0.05, 0.1) is 18.8 Å². The third kappa shape index (κ3) is 4.76. The number of nitrogens with one attached hydrogen (secondary N) is 1. The van der Waals surface area contributed by atoms with Gasteiger partial charge in [-0.25, -0.2) is 0 Å². The summed E-state index contributed by atoms with van der Waals surface area (Å²) < 4.78 is 5.69. The van der Waals surface area contributed by atoms with Crippen molar-refractivity contribution < 1.29 is 9.84 Å². The van der Waals surface area contributed by atoms with Gasteiger partial charge in [-0.2, -0.15) is 0 Å². The maximum atomic E-state index is 9.81. The van der Waals surface area contributed by atoms with Crippen molar-refractivity contribution in [1.82, 2.24) is 5.32 Å². The van der Waals surface area contributed by atoms with Crippen molar-refractivity contribution in [2.45, 2.75) is 37.8 Å². The van der Waals surface area contributed by atoms with Gasteiger partial charge in [-0.05, 0) is 25.0 Å². The standard InChI is InChI=1S/C21H27N3O2/c1-15(25)13-17(16-7-3-2-4-8-16)14-23-21(22)24-19-11-12-26-20-10-6-5-9-18(19)20/h2-10,15,17,19,25H,11-14H2,1H3,(H3,22,23,24). The highest BCUT2D eigenvalue weighted by Gasteiger charge is 2.21. The number of aliphatic hydroxyl groups is 1. The van der Waals surface area contributed by atoms with E-state index in [2.05, 4.69) is 28.5 Å². The molecule has 4 N–H and O–H groups in total. The largest absolute Gasteiger partial charge is 0.493 e. The second kappa shape index (κ2) is 8.72. The van der Waals surface area contributed by atoms with E-state index in [4.69, 9.17) is 10.5 Å². The minimum atomic E-state index is -0.382. The van der Waals surface area contributed by atoms with Crippen LogP contribution in [0.5, 0.6) is 5.75 Å².